The molecule has 4 aromatic heterocycles. The molecule has 5 N–H and O–H groups in total. The number of carbonyl (C=O) groups excluding carboxylic acids is 4. The van der Waals surface area contributed by atoms with Gasteiger partial charge >= 0.3 is 0 Å². The Hall–Kier alpha value is -11.3. The molecule has 798 valence electrons. The summed E-state index contributed by atoms with van der Waals surface area (Å²) in [5, 5.41) is 24.9. The summed E-state index contributed by atoms with van der Waals surface area (Å²) in [5.74, 6) is 1.82. The third kappa shape index (κ3) is 22.7. The van der Waals surface area contributed by atoms with Gasteiger partial charge in [0.15, 0.2) is 23.0 Å². The molecule has 10 heterocycles. The number of amides is 4. The molecular formula is C113H147N17O16S3. The lowest BCUT2D eigenvalue weighted by atomic mass is 9.86. The summed E-state index contributed by atoms with van der Waals surface area (Å²) in [6, 6.07) is 35.6. The zero-order valence-electron chi connectivity index (χ0n) is 88.6. The van der Waals surface area contributed by atoms with E-state index in [1.807, 2.05) is 109 Å². The summed E-state index contributed by atoms with van der Waals surface area (Å²) in [5.41, 5.74) is 7.39. The van der Waals surface area contributed by atoms with E-state index in [0.717, 1.165) is 42.6 Å². The van der Waals surface area contributed by atoms with E-state index in [9.17, 15) is 13.2 Å². The smallest absolute Gasteiger partial charge is 0.263 e. The number of piperidine rings is 3. The minimum absolute atomic E-state index is 0.0227. The van der Waals surface area contributed by atoms with Gasteiger partial charge in [0, 0.05) is 144 Å². The fraction of sp³-hybridized carbons (Fsp3) is 0.531. The number of likely N-dealkylation sites (tertiary alicyclic amines) is 3. The monoisotopic (exact) mass is 2090 g/mol. The van der Waals surface area contributed by atoms with Crippen molar-refractivity contribution in [2.24, 2.45) is 23.9 Å². The van der Waals surface area contributed by atoms with Crippen LogP contribution in [0, 0.1) is 53.4 Å². The van der Waals surface area contributed by atoms with Crippen LogP contribution in [0.15, 0.2) is 161 Å². The van der Waals surface area contributed by atoms with Gasteiger partial charge in [-0.05, 0) is 237 Å². The Balaban J connectivity index is 0.708. The van der Waals surface area contributed by atoms with E-state index in [0.29, 0.717) is 242 Å². The predicted molar refractivity (Wildman–Crippen MR) is 572 cm³/mol. The normalized spacial score (nSPS) is 20.0. The van der Waals surface area contributed by atoms with Crippen LogP contribution in [0.3, 0.4) is 0 Å². The number of aliphatic imine (C=N–C) groups is 1. The lowest BCUT2D eigenvalue weighted by Crippen LogP contribution is -2.56. The van der Waals surface area contributed by atoms with E-state index in [-0.39, 0.29) is 102 Å². The van der Waals surface area contributed by atoms with Crippen LogP contribution in [0.25, 0.3) is 33.4 Å². The topological polar surface area (TPSA) is 386 Å². The summed E-state index contributed by atoms with van der Waals surface area (Å²) in [7, 11) is -11.7. The molecule has 5 saturated heterocycles. The molecule has 33 nitrogen and oxygen atoms in total. The summed E-state index contributed by atoms with van der Waals surface area (Å²) in [6.45, 7) is 29.4. The first-order valence-corrected chi connectivity index (χ1v) is 58.3. The highest BCUT2D eigenvalue weighted by Crippen LogP contribution is 2.49. The van der Waals surface area contributed by atoms with Gasteiger partial charge in [-0.25, -0.2) is 25.3 Å². The lowest BCUT2D eigenvalue weighted by molar-refractivity contribution is -0.136. The number of anilines is 3. The quantitative estimate of drug-likeness (QED) is 0.0237. The summed E-state index contributed by atoms with van der Waals surface area (Å²) < 4.78 is 139. The summed E-state index contributed by atoms with van der Waals surface area (Å²) >= 11 is 0. The van der Waals surface area contributed by atoms with Crippen molar-refractivity contribution in [2.75, 3.05) is 86.3 Å². The van der Waals surface area contributed by atoms with Crippen molar-refractivity contribution in [1.29, 1.82) is 0 Å². The summed E-state index contributed by atoms with van der Waals surface area (Å²) in [4.78, 5) is 79.8. The minimum atomic E-state index is -4.63. The van der Waals surface area contributed by atoms with Crippen LogP contribution in [0.5, 0.6) is 0 Å². The largest absolute Gasteiger partial charge is 0.377 e. The van der Waals surface area contributed by atoms with Crippen molar-refractivity contribution in [1.82, 2.24) is 65.3 Å². The molecule has 4 amide bonds. The van der Waals surface area contributed by atoms with E-state index in [1.165, 1.54) is 51.4 Å². The van der Waals surface area contributed by atoms with Gasteiger partial charge < -0.3 is 52.3 Å². The average molecular weight is 2100 g/mol. The van der Waals surface area contributed by atoms with Gasteiger partial charge in [0.2, 0.25) is 11.8 Å². The maximum absolute atomic E-state index is 16.6. The van der Waals surface area contributed by atoms with Crippen LogP contribution in [-0.2, 0) is 105 Å². The van der Waals surface area contributed by atoms with Crippen molar-refractivity contribution < 1.29 is 72.2 Å². The Morgan fingerprint density at radius 3 is 1.28 bits per heavy atom. The molecule has 0 radical (unpaired) electrons. The number of ether oxygens (including phenoxy) is 3. The van der Waals surface area contributed by atoms with Crippen LogP contribution in [-0.4, -0.2) is 210 Å². The van der Waals surface area contributed by atoms with Crippen LogP contribution >= 0.6 is 0 Å². The second-order valence-corrected chi connectivity index (χ2v) is 47.5. The van der Waals surface area contributed by atoms with E-state index in [1.54, 1.807) is 112 Å². The standard InChI is InChI=1S/C113H147N17O16S3/c1-14-20-36-101-115-113(47-27-52-127(72-113)107(131)89-62-114-124(13)68-89)110(134)128(101)65-81-37-43-91(87(57-81)70-142-18-5)96-45-40-84(60-99(96)148(137,138)122-103-74(8)77(11)145-119-103)94(29-16-3)106-117-112(50-55-126(56-51-112)64-80-32-23-24-33-80)109(133)130(106)67-83-39-44-92(88(59-83)71-143-19-6)97-46-41-85(61-100(97)149(139,140)123-104-75(9)78(12)146-120-104)93(28-15-2)105-116-111(48-53-125(54-49-111)63-79-30-21-22-31-79)108(132)129(105)66-82-38-42-90(86(58-82)69-141-17-4)95-34-25-26-35-98(95)147(135,136)121-102-73(7)76(10)144-118-102/h25-26,34-35,37-46,57-62,68,79-80,93-94,105-106,116-117H,14-24,27-33,36,47-56,63-67,69-72H2,1-13H3,(H,118,121)(H,119,122)(H,120,123)/t93?,94?,105-,106+,113+/m0/s1. The Bertz CT molecular complexity index is 6940. The van der Waals surface area contributed by atoms with Gasteiger partial charge in [0.25, 0.3) is 41.9 Å². The molecule has 7 fully saturated rings. The van der Waals surface area contributed by atoms with Crippen molar-refractivity contribution in [3.05, 3.63) is 212 Å². The number of nitrogens with zero attached hydrogens (tertiary/aromatic N) is 12. The van der Waals surface area contributed by atoms with Crippen LogP contribution < -0.4 is 24.8 Å². The average Bonchev–Trinajstić information content (AvgIpc) is 1.63. The number of carbonyl (C=O) groups is 4. The first kappa shape index (κ1) is 108. The van der Waals surface area contributed by atoms with Crippen molar-refractivity contribution in [3.63, 3.8) is 0 Å². The summed E-state index contributed by atoms with van der Waals surface area (Å²) in [6.07, 6.45) is 19.2. The third-order valence-electron chi connectivity index (χ3n) is 32.6. The number of aromatic nitrogens is 5. The first-order chi connectivity index (χ1) is 71.7. The molecule has 8 aliphatic rings. The molecule has 6 aliphatic heterocycles. The van der Waals surface area contributed by atoms with Crippen LogP contribution in [0.1, 0.15) is 277 Å². The molecule has 149 heavy (non-hydrogen) atoms. The maximum atomic E-state index is 16.6. The second kappa shape index (κ2) is 45.7. The highest BCUT2D eigenvalue weighted by atomic mass is 32.2. The molecule has 5 atom stereocenters. The zero-order chi connectivity index (χ0) is 105. The molecule has 2 saturated carbocycles. The van der Waals surface area contributed by atoms with Crippen LogP contribution in [0.4, 0.5) is 17.5 Å². The van der Waals surface area contributed by atoms with E-state index in [4.69, 9.17) is 32.8 Å². The molecule has 2 unspecified atom stereocenters. The molecule has 18 rings (SSSR count). The van der Waals surface area contributed by atoms with Crippen molar-refractivity contribution in [3.8, 4) is 33.4 Å². The number of hydrogen-bond donors (Lipinski definition) is 5. The highest BCUT2D eigenvalue weighted by Gasteiger charge is 2.58. The van der Waals surface area contributed by atoms with Gasteiger partial charge in [0.05, 0.1) is 71.7 Å². The van der Waals surface area contributed by atoms with Gasteiger partial charge in [-0.15, -0.1) is 0 Å². The fourth-order valence-electron chi connectivity index (χ4n) is 24.0. The Morgan fingerprint density at radius 1 is 0.477 bits per heavy atom. The van der Waals surface area contributed by atoms with Gasteiger partial charge in [-0.2, -0.15) is 5.10 Å². The van der Waals surface area contributed by atoms with E-state index in [2.05, 4.69) is 75.9 Å². The number of nitrogens with one attached hydrogen (secondary N) is 5. The molecule has 3 spiro atoms. The van der Waals surface area contributed by atoms with Gasteiger partial charge in [0.1, 0.15) is 34.2 Å². The SMILES string of the molecule is CCCCC1=N[C@@]2(CCCN(C(=O)c3cnn(C)c3)C2)C(=O)N1Cc1ccc(-c2ccc(C(CCC)[C@@H]3NC4(CCN(CC5CCCC5)CC4)C(=O)N3Cc3ccc(-c4ccc(C(CCC)[C@H]5NC6(CCN(CC7CCCC7)CC6)C(=O)N5Cc5ccc(-c6ccccc6S(=O)(=O)Nc6noc(C)c6C)c(COCC)c5)cc4S(=O)(=O)Nc4noc(C)c4C)c(COCC)c3)cc2S(=O)(=O)Nc2noc(C)c2C)c(COCC)c1. The first-order valence-electron chi connectivity index (χ1n) is 53.8. The molecule has 36 heteroatoms. The fourth-order valence-corrected chi connectivity index (χ4v) is 27.9. The minimum Gasteiger partial charge on any atom is -0.377 e. The Labute approximate surface area is 877 Å². The number of hydrogen-bond acceptors (Lipinski definition) is 25. The molecule has 10 aromatic rings. The molecule has 6 aromatic carbocycles. The third-order valence-corrected chi connectivity index (χ3v) is 36.7. The van der Waals surface area contributed by atoms with Gasteiger partial charge in [-0.1, -0.05) is 178 Å². The number of rotatable bonds is 43. The number of amidine groups is 1. The number of sulfonamides is 3. The van der Waals surface area contributed by atoms with Crippen LogP contribution in [0.2, 0.25) is 0 Å². The molecule has 0 bridgehead atoms. The second-order valence-electron chi connectivity index (χ2n) is 42.5. The predicted octanol–water partition coefficient (Wildman–Crippen LogP) is 18.6. The number of benzene rings is 6. The maximum Gasteiger partial charge on any atom is 0.263 e. The van der Waals surface area contributed by atoms with Gasteiger partial charge in [-0.3, -0.25) is 58.6 Å². The van der Waals surface area contributed by atoms with E-state index < -0.39 is 70.9 Å². The Kier molecular flexibility index (Phi) is 33.0. The number of aryl methyl sites for hydroxylation is 4. The van der Waals surface area contributed by atoms with Crippen molar-refractivity contribution in [2.45, 2.75) is 313 Å². The highest BCUT2D eigenvalue weighted by molar-refractivity contribution is 7.93. The van der Waals surface area contributed by atoms with E-state index >= 15 is 31.2 Å². The molecular weight excluding hydrogens is 1950 g/mol. The molecule has 2 aliphatic carbocycles. The zero-order valence-corrected chi connectivity index (χ0v) is 91.0. The Morgan fingerprint density at radius 2 is 0.886 bits per heavy atom. The number of unbranched alkanes of at least 4 members (excludes halogenated alkanes) is 1. The van der Waals surface area contributed by atoms with Crippen molar-refractivity contribution >= 4 is 77.0 Å². The lowest BCUT2D eigenvalue weighted by Gasteiger charge is -2.39.